The van der Waals surface area contributed by atoms with E-state index in [0.717, 1.165) is 0 Å². The van der Waals surface area contributed by atoms with Gasteiger partial charge in [-0.05, 0) is 30.2 Å². The molecule has 19 heavy (non-hydrogen) atoms. The quantitative estimate of drug-likeness (QED) is 0.832. The molecule has 0 bridgehead atoms. The van der Waals surface area contributed by atoms with E-state index in [4.69, 9.17) is 11.6 Å². The fourth-order valence-corrected chi connectivity index (χ4v) is 2.73. The van der Waals surface area contributed by atoms with Gasteiger partial charge in [-0.2, -0.15) is 0 Å². The summed E-state index contributed by atoms with van der Waals surface area (Å²) >= 11 is 5.69. The monoisotopic (exact) mass is 314 g/mol. The van der Waals surface area contributed by atoms with Crippen LogP contribution in [0, 0.1) is 5.92 Å². The van der Waals surface area contributed by atoms with Crippen LogP contribution in [0.3, 0.4) is 0 Å². The predicted molar refractivity (Wildman–Crippen MR) is 79.4 cm³/mol. The van der Waals surface area contributed by atoms with E-state index in [2.05, 4.69) is 5.32 Å². The Morgan fingerprint density at radius 1 is 1.26 bits per heavy atom. The summed E-state index contributed by atoms with van der Waals surface area (Å²) in [5.74, 6) is -0.146. The van der Waals surface area contributed by atoms with Gasteiger partial charge >= 0.3 is 35.6 Å². The first-order valence-electron chi connectivity index (χ1n) is 5.35. The van der Waals surface area contributed by atoms with Gasteiger partial charge in [-0.1, -0.05) is 25.4 Å². The van der Waals surface area contributed by atoms with Crippen molar-refractivity contribution in [2.24, 2.45) is 5.92 Å². The van der Waals surface area contributed by atoms with E-state index in [1.165, 1.54) is 0 Å². The number of carbonyl (C=O) groups excluding carboxylic acids is 1. The molecule has 0 aliphatic rings. The Hall–Kier alpha value is -0.270. The zero-order chi connectivity index (χ0) is 13.8. The number of nitrogens with one attached hydrogen (secondary N) is 2. The van der Waals surface area contributed by atoms with E-state index >= 15 is 0 Å². The van der Waals surface area contributed by atoms with Gasteiger partial charge in [0, 0.05) is 10.7 Å². The minimum absolute atomic E-state index is 0. The molecule has 5 nitrogen and oxygen atoms in total. The van der Waals surface area contributed by atoms with Crippen LogP contribution in [0.25, 0.3) is 0 Å². The zero-order valence-electron chi connectivity index (χ0n) is 10.1. The Bertz CT molecular complexity index is 517. The van der Waals surface area contributed by atoms with Crippen LogP contribution >= 0.6 is 11.6 Å². The average molecular weight is 315 g/mol. The molecule has 0 spiro atoms. The van der Waals surface area contributed by atoms with Gasteiger partial charge in [0.1, 0.15) is 0 Å². The summed E-state index contributed by atoms with van der Waals surface area (Å²) in [4.78, 5) is 11.5. The SMILES string of the molecule is CC(C)CS(=O)(=O)NC(=O)Nc1ccc(Cl)cc1.[NaH]. The average Bonchev–Trinajstić information content (AvgIpc) is 2.18. The molecule has 2 N–H and O–H groups in total. The molecular weight excluding hydrogens is 299 g/mol. The van der Waals surface area contributed by atoms with Gasteiger partial charge in [-0.3, -0.25) is 0 Å². The number of rotatable bonds is 4. The second-order valence-corrected chi connectivity index (χ2v) is 6.44. The molecule has 0 unspecified atom stereocenters. The van der Waals surface area contributed by atoms with Crippen LogP contribution in [-0.2, 0) is 10.0 Å². The zero-order valence-corrected chi connectivity index (χ0v) is 11.7. The van der Waals surface area contributed by atoms with E-state index in [-0.39, 0.29) is 41.2 Å². The Labute approximate surface area is 140 Å². The summed E-state index contributed by atoms with van der Waals surface area (Å²) in [6, 6.07) is 5.58. The molecule has 0 saturated carbocycles. The standard InChI is InChI=1S/C11H15ClN2O3S.Na.H/c1-8(2)7-18(16,17)14-11(15)13-10-5-3-9(12)4-6-10;;/h3-6,8H,7H2,1-2H3,(H2,13,14,15);;. The molecule has 0 saturated heterocycles. The first-order valence-corrected chi connectivity index (χ1v) is 7.38. The molecule has 2 amide bonds. The number of urea groups is 1. The Balaban J connectivity index is 0.00000324. The first-order chi connectivity index (χ1) is 8.28. The van der Waals surface area contributed by atoms with Crippen molar-refractivity contribution >= 4 is 62.9 Å². The van der Waals surface area contributed by atoms with E-state index in [0.29, 0.717) is 10.7 Å². The number of carbonyl (C=O) groups is 1. The van der Waals surface area contributed by atoms with Crippen LogP contribution in [0.15, 0.2) is 24.3 Å². The maximum absolute atomic E-state index is 11.5. The second-order valence-electron chi connectivity index (χ2n) is 4.24. The van der Waals surface area contributed by atoms with Crippen molar-refractivity contribution in [3.05, 3.63) is 29.3 Å². The topological polar surface area (TPSA) is 75.3 Å². The molecule has 8 heteroatoms. The van der Waals surface area contributed by atoms with Gasteiger partial charge in [0.2, 0.25) is 10.0 Å². The van der Waals surface area contributed by atoms with Gasteiger partial charge in [-0.15, -0.1) is 0 Å². The van der Waals surface area contributed by atoms with Crippen molar-refractivity contribution in [2.75, 3.05) is 11.1 Å². The molecule has 0 radical (unpaired) electrons. The third kappa shape index (κ3) is 7.79. The van der Waals surface area contributed by atoms with Gasteiger partial charge in [-0.25, -0.2) is 17.9 Å². The predicted octanol–water partition coefficient (Wildman–Crippen LogP) is 1.80. The van der Waals surface area contributed by atoms with E-state index in [9.17, 15) is 13.2 Å². The number of anilines is 1. The number of amides is 2. The normalized spacial score (nSPS) is 10.7. The van der Waals surface area contributed by atoms with E-state index in [1.807, 2.05) is 4.72 Å². The summed E-state index contributed by atoms with van der Waals surface area (Å²) in [5.41, 5.74) is 0.469. The minimum atomic E-state index is -3.60. The Morgan fingerprint density at radius 3 is 2.26 bits per heavy atom. The van der Waals surface area contributed by atoms with Crippen LogP contribution in [0.1, 0.15) is 13.8 Å². The van der Waals surface area contributed by atoms with Crippen molar-refractivity contribution < 1.29 is 13.2 Å². The molecule has 102 valence electrons. The molecule has 0 atom stereocenters. The third-order valence-corrected chi connectivity index (χ3v) is 3.76. The van der Waals surface area contributed by atoms with Crippen molar-refractivity contribution in [1.82, 2.24) is 4.72 Å². The van der Waals surface area contributed by atoms with Crippen LogP contribution in [-0.4, -0.2) is 49.8 Å². The van der Waals surface area contributed by atoms with Gasteiger partial charge in [0.15, 0.2) is 0 Å². The summed E-state index contributed by atoms with van der Waals surface area (Å²) in [6.45, 7) is 3.52. The van der Waals surface area contributed by atoms with E-state index < -0.39 is 16.1 Å². The number of sulfonamides is 1. The molecule has 1 aromatic carbocycles. The molecule has 0 aliphatic carbocycles. The van der Waals surface area contributed by atoms with Crippen LogP contribution < -0.4 is 10.0 Å². The first kappa shape index (κ1) is 18.7. The number of hydrogen-bond acceptors (Lipinski definition) is 3. The third-order valence-electron chi connectivity index (χ3n) is 1.90. The van der Waals surface area contributed by atoms with Gasteiger partial charge < -0.3 is 5.32 Å². The Kier molecular flexibility index (Phi) is 8.00. The maximum atomic E-state index is 11.5. The van der Waals surface area contributed by atoms with Crippen LogP contribution in [0.2, 0.25) is 5.02 Å². The van der Waals surface area contributed by atoms with Crippen molar-refractivity contribution in [1.29, 1.82) is 0 Å². The molecule has 0 aliphatic heterocycles. The fourth-order valence-electron chi connectivity index (χ4n) is 1.31. The summed E-state index contributed by atoms with van der Waals surface area (Å²) < 4.78 is 24.9. The number of hydrogen-bond donors (Lipinski definition) is 2. The van der Waals surface area contributed by atoms with E-state index in [1.54, 1.807) is 38.1 Å². The van der Waals surface area contributed by atoms with Gasteiger partial charge in [0.25, 0.3) is 0 Å². The molecular formula is C11H16ClN2NaO3S. The molecule has 0 heterocycles. The molecule has 1 aromatic rings. The number of halogens is 1. The molecule has 0 fully saturated rings. The number of benzene rings is 1. The molecule has 1 rings (SSSR count). The molecule has 0 aromatic heterocycles. The summed E-state index contributed by atoms with van der Waals surface area (Å²) in [7, 11) is -3.60. The summed E-state index contributed by atoms with van der Waals surface area (Å²) in [5, 5.41) is 2.95. The second kappa shape index (κ2) is 8.11. The van der Waals surface area contributed by atoms with Gasteiger partial charge in [0.05, 0.1) is 5.75 Å². The Morgan fingerprint density at radius 2 is 1.79 bits per heavy atom. The van der Waals surface area contributed by atoms with Crippen LogP contribution in [0.4, 0.5) is 10.5 Å². The fraction of sp³-hybridized carbons (Fsp3) is 0.364. The van der Waals surface area contributed by atoms with Crippen molar-refractivity contribution in [2.45, 2.75) is 13.8 Å². The van der Waals surface area contributed by atoms with Crippen LogP contribution in [0.5, 0.6) is 0 Å². The van der Waals surface area contributed by atoms with Crippen molar-refractivity contribution in [3.8, 4) is 0 Å². The van der Waals surface area contributed by atoms with Crippen molar-refractivity contribution in [3.63, 3.8) is 0 Å². The summed E-state index contributed by atoms with van der Waals surface area (Å²) in [6.07, 6.45) is 0.